The van der Waals surface area contributed by atoms with E-state index in [-0.39, 0.29) is 22.0 Å². The van der Waals surface area contributed by atoms with Crippen molar-refractivity contribution in [2.45, 2.75) is 38.1 Å². The van der Waals surface area contributed by atoms with E-state index >= 15 is 0 Å². The van der Waals surface area contributed by atoms with E-state index in [0.29, 0.717) is 11.1 Å². The lowest BCUT2D eigenvalue weighted by molar-refractivity contribution is -0.117. The lowest BCUT2D eigenvalue weighted by Crippen LogP contribution is -2.45. The van der Waals surface area contributed by atoms with Crippen molar-refractivity contribution in [1.29, 1.82) is 0 Å². The molecule has 8 heteroatoms. The van der Waals surface area contributed by atoms with E-state index in [4.69, 9.17) is 11.6 Å². The SMILES string of the molecule is Cc1cc(C)c(S(=O)(=O)NC(Cc2ccccc2)C(=O)Nc2ccc(F)c(Cl)c2)c(C)c1. The Morgan fingerprint density at radius 1 is 1.00 bits per heavy atom. The molecule has 0 saturated heterocycles. The molecule has 168 valence electrons. The van der Waals surface area contributed by atoms with Gasteiger partial charge in [-0.3, -0.25) is 4.79 Å². The monoisotopic (exact) mass is 474 g/mol. The maximum Gasteiger partial charge on any atom is 0.242 e. The summed E-state index contributed by atoms with van der Waals surface area (Å²) in [4.78, 5) is 13.2. The molecule has 0 spiro atoms. The molecule has 3 aromatic carbocycles. The van der Waals surface area contributed by atoms with Crippen molar-refractivity contribution in [1.82, 2.24) is 4.72 Å². The number of amides is 1. The van der Waals surface area contributed by atoms with Crippen molar-refractivity contribution in [3.8, 4) is 0 Å². The Morgan fingerprint density at radius 2 is 1.62 bits per heavy atom. The molecule has 3 aromatic rings. The number of aryl methyl sites for hydroxylation is 3. The summed E-state index contributed by atoms with van der Waals surface area (Å²) < 4.78 is 42.6. The van der Waals surface area contributed by atoms with Gasteiger partial charge in [0, 0.05) is 5.69 Å². The van der Waals surface area contributed by atoms with Gasteiger partial charge >= 0.3 is 0 Å². The van der Waals surface area contributed by atoms with Crippen molar-refractivity contribution in [3.05, 3.63) is 93.8 Å². The summed E-state index contributed by atoms with van der Waals surface area (Å²) in [6.45, 7) is 5.34. The zero-order chi connectivity index (χ0) is 23.5. The van der Waals surface area contributed by atoms with Crippen LogP contribution in [0.15, 0.2) is 65.6 Å². The van der Waals surface area contributed by atoms with E-state index in [9.17, 15) is 17.6 Å². The van der Waals surface area contributed by atoms with Gasteiger partial charge in [0.15, 0.2) is 0 Å². The molecule has 0 aromatic heterocycles. The molecular formula is C24H24ClFN2O3S. The molecule has 0 aliphatic rings. The Balaban J connectivity index is 1.93. The van der Waals surface area contributed by atoms with E-state index in [2.05, 4.69) is 10.0 Å². The molecule has 1 unspecified atom stereocenters. The second kappa shape index (κ2) is 9.81. The molecule has 0 radical (unpaired) electrons. The topological polar surface area (TPSA) is 75.3 Å². The summed E-state index contributed by atoms with van der Waals surface area (Å²) >= 11 is 5.80. The Kier molecular flexibility index (Phi) is 7.33. The number of sulfonamides is 1. The lowest BCUT2D eigenvalue weighted by atomic mass is 10.1. The second-order valence-electron chi connectivity index (χ2n) is 7.71. The van der Waals surface area contributed by atoms with E-state index in [1.807, 2.05) is 37.3 Å². The number of carbonyl (C=O) groups excluding carboxylic acids is 1. The molecule has 0 bridgehead atoms. The van der Waals surface area contributed by atoms with Gasteiger partial charge in [0.25, 0.3) is 0 Å². The summed E-state index contributed by atoms with van der Waals surface area (Å²) in [6.07, 6.45) is 0.130. The van der Waals surface area contributed by atoms with Gasteiger partial charge in [-0.25, -0.2) is 12.8 Å². The standard InChI is InChI=1S/C24H24ClFN2O3S/c1-15-11-16(2)23(17(3)12-15)32(30,31)28-22(13-18-7-5-4-6-8-18)24(29)27-19-9-10-21(26)20(25)14-19/h4-12,14,22,28H,13H2,1-3H3,(H,27,29). The summed E-state index contributed by atoms with van der Waals surface area (Å²) in [5, 5.41) is 2.48. The molecule has 0 aliphatic carbocycles. The summed E-state index contributed by atoms with van der Waals surface area (Å²) in [7, 11) is -4.01. The Labute approximate surface area is 192 Å². The highest BCUT2D eigenvalue weighted by Crippen LogP contribution is 2.23. The molecule has 0 fully saturated rings. The van der Waals surface area contributed by atoms with Crippen LogP contribution < -0.4 is 10.0 Å². The van der Waals surface area contributed by atoms with Crippen LogP contribution in [0.1, 0.15) is 22.3 Å². The molecule has 3 rings (SSSR count). The van der Waals surface area contributed by atoms with Crippen LogP contribution in [0, 0.1) is 26.6 Å². The fraction of sp³-hybridized carbons (Fsp3) is 0.208. The van der Waals surface area contributed by atoms with Crippen molar-refractivity contribution >= 4 is 33.2 Å². The van der Waals surface area contributed by atoms with Crippen LogP contribution in [0.5, 0.6) is 0 Å². The van der Waals surface area contributed by atoms with Crippen LogP contribution in [0.3, 0.4) is 0 Å². The van der Waals surface area contributed by atoms with E-state index in [1.165, 1.54) is 12.1 Å². The first-order chi connectivity index (χ1) is 15.1. The number of nitrogens with one attached hydrogen (secondary N) is 2. The average molecular weight is 475 g/mol. The smallest absolute Gasteiger partial charge is 0.242 e. The van der Waals surface area contributed by atoms with Crippen LogP contribution in [0.25, 0.3) is 0 Å². The summed E-state index contributed by atoms with van der Waals surface area (Å²) in [5.74, 6) is -1.20. The minimum absolute atomic E-state index is 0.130. The number of carbonyl (C=O) groups is 1. The maximum atomic E-state index is 13.5. The molecule has 1 amide bonds. The minimum Gasteiger partial charge on any atom is -0.325 e. The Hall–Kier alpha value is -2.74. The van der Waals surface area contributed by atoms with E-state index in [1.54, 1.807) is 26.0 Å². The predicted molar refractivity (Wildman–Crippen MR) is 125 cm³/mol. The fourth-order valence-electron chi connectivity index (χ4n) is 3.68. The van der Waals surface area contributed by atoms with Crippen LogP contribution in [-0.2, 0) is 21.2 Å². The van der Waals surface area contributed by atoms with Crippen molar-refractivity contribution in [3.63, 3.8) is 0 Å². The van der Waals surface area contributed by atoms with E-state index < -0.39 is 27.8 Å². The lowest BCUT2D eigenvalue weighted by Gasteiger charge is -2.21. The largest absolute Gasteiger partial charge is 0.325 e. The molecule has 2 N–H and O–H groups in total. The minimum atomic E-state index is -4.01. The van der Waals surface area contributed by atoms with Gasteiger partial charge in [0.1, 0.15) is 11.9 Å². The molecule has 0 saturated carbocycles. The van der Waals surface area contributed by atoms with Gasteiger partial charge in [-0.1, -0.05) is 59.6 Å². The van der Waals surface area contributed by atoms with Gasteiger partial charge in [-0.2, -0.15) is 4.72 Å². The Morgan fingerprint density at radius 3 is 2.22 bits per heavy atom. The van der Waals surface area contributed by atoms with Gasteiger partial charge in [-0.05, 0) is 62.1 Å². The summed E-state index contributed by atoms with van der Waals surface area (Å²) in [6, 6.07) is 15.3. The van der Waals surface area contributed by atoms with Gasteiger partial charge in [0.05, 0.1) is 9.92 Å². The molecular weight excluding hydrogens is 451 g/mol. The van der Waals surface area contributed by atoms with E-state index in [0.717, 1.165) is 17.2 Å². The Bertz CT molecular complexity index is 1220. The second-order valence-corrected chi connectivity index (χ2v) is 9.77. The third kappa shape index (κ3) is 5.73. The normalized spacial score (nSPS) is 12.4. The highest BCUT2D eigenvalue weighted by atomic mass is 35.5. The molecule has 32 heavy (non-hydrogen) atoms. The maximum absolute atomic E-state index is 13.5. The average Bonchev–Trinajstić information content (AvgIpc) is 2.70. The third-order valence-electron chi connectivity index (χ3n) is 4.96. The molecule has 0 heterocycles. The first-order valence-electron chi connectivity index (χ1n) is 9.97. The van der Waals surface area contributed by atoms with Gasteiger partial charge in [-0.15, -0.1) is 0 Å². The zero-order valence-electron chi connectivity index (χ0n) is 17.9. The highest BCUT2D eigenvalue weighted by molar-refractivity contribution is 7.89. The van der Waals surface area contributed by atoms with Crippen LogP contribution >= 0.6 is 11.6 Å². The fourth-order valence-corrected chi connectivity index (χ4v) is 5.51. The first-order valence-corrected chi connectivity index (χ1v) is 11.8. The predicted octanol–water partition coefficient (Wildman–Crippen LogP) is 4.93. The van der Waals surface area contributed by atoms with Gasteiger partial charge < -0.3 is 5.32 Å². The first kappa shape index (κ1) is 23.9. The number of halogens is 2. The van der Waals surface area contributed by atoms with Crippen LogP contribution in [0.4, 0.5) is 10.1 Å². The number of rotatable bonds is 7. The number of hydrogen-bond acceptors (Lipinski definition) is 3. The number of benzene rings is 3. The zero-order valence-corrected chi connectivity index (χ0v) is 19.5. The van der Waals surface area contributed by atoms with Crippen molar-refractivity contribution in [2.24, 2.45) is 0 Å². The van der Waals surface area contributed by atoms with Crippen molar-refractivity contribution < 1.29 is 17.6 Å². The highest BCUT2D eigenvalue weighted by Gasteiger charge is 2.28. The molecule has 1 atom stereocenters. The molecule has 5 nitrogen and oxygen atoms in total. The van der Waals surface area contributed by atoms with Crippen LogP contribution in [-0.4, -0.2) is 20.4 Å². The number of anilines is 1. The van der Waals surface area contributed by atoms with Gasteiger partial charge in [0.2, 0.25) is 15.9 Å². The third-order valence-corrected chi connectivity index (χ3v) is 7.02. The quantitative estimate of drug-likeness (QED) is 0.509. The van der Waals surface area contributed by atoms with Crippen molar-refractivity contribution in [2.75, 3.05) is 5.32 Å². The molecule has 0 aliphatic heterocycles. The van der Waals surface area contributed by atoms with Crippen LogP contribution in [0.2, 0.25) is 5.02 Å². The summed E-state index contributed by atoms with van der Waals surface area (Å²) in [5.41, 5.74) is 3.19. The number of hydrogen-bond donors (Lipinski definition) is 2.